The average Bonchev–Trinajstić information content (AvgIpc) is 3.05. The number of hydrogen-bond donors (Lipinski definition) is 0. The molecule has 1 aliphatic heterocycles. The van der Waals surface area contributed by atoms with Crippen LogP contribution in [0.2, 0.25) is 0 Å². The summed E-state index contributed by atoms with van der Waals surface area (Å²) in [4.78, 5) is 16.3. The van der Waals surface area contributed by atoms with Crippen LogP contribution in [0.1, 0.15) is 51.5 Å². The van der Waals surface area contributed by atoms with Gasteiger partial charge in [-0.15, -0.1) is 0 Å². The highest BCUT2D eigenvalue weighted by Gasteiger charge is 2.58. The van der Waals surface area contributed by atoms with Crippen LogP contribution in [0.15, 0.2) is 36.4 Å². The van der Waals surface area contributed by atoms with Crippen LogP contribution in [0.3, 0.4) is 0 Å². The minimum absolute atomic E-state index is 0.0207. The summed E-state index contributed by atoms with van der Waals surface area (Å²) in [7, 11) is 1.74. The van der Waals surface area contributed by atoms with Crippen molar-refractivity contribution in [3.8, 4) is 5.75 Å². The summed E-state index contributed by atoms with van der Waals surface area (Å²) in [6.45, 7) is 5.50. The van der Waals surface area contributed by atoms with Gasteiger partial charge in [0.1, 0.15) is 11.5 Å². The molecular weight excluding hydrogens is 350 g/mol. The fourth-order valence-electron chi connectivity index (χ4n) is 6.71. The third-order valence-corrected chi connectivity index (χ3v) is 8.30. The monoisotopic (exact) mass is 379 g/mol. The smallest absolute Gasteiger partial charge is 0.159 e. The second-order valence-corrected chi connectivity index (χ2v) is 9.47. The molecule has 4 heteroatoms. The van der Waals surface area contributed by atoms with E-state index in [0.29, 0.717) is 24.2 Å². The molecule has 2 heterocycles. The lowest BCUT2D eigenvalue weighted by molar-refractivity contribution is -0.124. The average molecular weight is 380 g/mol. The van der Waals surface area contributed by atoms with E-state index in [4.69, 9.17) is 9.47 Å². The van der Waals surface area contributed by atoms with E-state index in [0.717, 1.165) is 36.5 Å². The number of ketones is 1. The van der Waals surface area contributed by atoms with Crippen LogP contribution in [-0.4, -0.2) is 24.5 Å². The minimum atomic E-state index is 0.0207. The predicted octanol–water partition coefficient (Wildman–Crippen LogP) is 4.81. The molecule has 0 bridgehead atoms. The Bertz CT molecular complexity index is 888. The molecule has 5 rings (SSSR count). The number of hydrogen-bond acceptors (Lipinski definition) is 4. The van der Waals surface area contributed by atoms with Crippen molar-refractivity contribution >= 4 is 11.4 Å². The number of carbonyl (C=O) groups is 1. The van der Waals surface area contributed by atoms with Crippen molar-refractivity contribution in [3.63, 3.8) is 0 Å². The molecule has 4 aliphatic rings. The highest BCUT2D eigenvalue weighted by Crippen LogP contribution is 2.65. The van der Waals surface area contributed by atoms with Crippen molar-refractivity contribution in [2.45, 2.75) is 46.0 Å². The van der Waals surface area contributed by atoms with Crippen LogP contribution < -0.4 is 4.74 Å². The van der Waals surface area contributed by atoms with Gasteiger partial charge >= 0.3 is 0 Å². The lowest BCUT2D eigenvalue weighted by Gasteiger charge is -2.57. The van der Waals surface area contributed by atoms with Gasteiger partial charge in [-0.05, 0) is 54.6 Å². The molecule has 1 aromatic heterocycles. The Balaban J connectivity index is 1.49. The number of pyridine rings is 1. The van der Waals surface area contributed by atoms with Gasteiger partial charge in [-0.3, -0.25) is 9.78 Å². The number of allylic oxidation sites excluding steroid dienone is 4. The third-order valence-electron chi connectivity index (χ3n) is 8.30. The molecule has 2 fully saturated rings. The first-order chi connectivity index (χ1) is 13.5. The summed E-state index contributed by atoms with van der Waals surface area (Å²) < 4.78 is 11.9. The van der Waals surface area contributed by atoms with E-state index in [-0.39, 0.29) is 16.6 Å². The standard InChI is InChI=1S/C24H29NO3/c1-23-10-7-20-17(14-28-22-12-15(26)6-9-24(20,22)2)19(23)5-4-18(23)16-13-25-11-8-21(16)27-3/h4,8,11-13,17,19-20H,5-7,9-10,14H2,1-3H3/t17-,19-,20-,23+,24+/m0/s1. The van der Waals surface area contributed by atoms with Gasteiger partial charge in [0, 0.05) is 41.8 Å². The molecular formula is C24H29NO3. The van der Waals surface area contributed by atoms with Crippen molar-refractivity contribution in [2.24, 2.45) is 28.6 Å². The molecule has 3 aliphatic carbocycles. The van der Waals surface area contributed by atoms with Gasteiger partial charge in [0.15, 0.2) is 5.78 Å². The van der Waals surface area contributed by atoms with E-state index in [1.165, 1.54) is 18.4 Å². The van der Waals surface area contributed by atoms with Crippen molar-refractivity contribution in [1.29, 1.82) is 0 Å². The van der Waals surface area contributed by atoms with Gasteiger partial charge in [0.05, 0.1) is 13.7 Å². The summed E-state index contributed by atoms with van der Waals surface area (Å²) in [5.74, 6) is 3.79. The Morgan fingerprint density at radius 2 is 2.07 bits per heavy atom. The first-order valence-corrected chi connectivity index (χ1v) is 10.5. The minimum Gasteiger partial charge on any atom is -0.497 e. The molecule has 0 aromatic carbocycles. The first-order valence-electron chi connectivity index (χ1n) is 10.5. The normalized spacial score (nSPS) is 39.1. The molecule has 0 spiro atoms. The van der Waals surface area contributed by atoms with E-state index in [2.05, 4.69) is 24.9 Å². The lowest BCUT2D eigenvalue weighted by atomic mass is 9.50. The maximum absolute atomic E-state index is 11.9. The molecule has 1 saturated heterocycles. The second-order valence-electron chi connectivity index (χ2n) is 9.47. The number of nitrogens with zero attached hydrogens (tertiary/aromatic N) is 1. The van der Waals surface area contributed by atoms with Crippen molar-refractivity contribution in [2.75, 3.05) is 13.7 Å². The zero-order chi connectivity index (χ0) is 19.5. The molecule has 0 radical (unpaired) electrons. The summed E-state index contributed by atoms with van der Waals surface area (Å²) in [6, 6.07) is 1.96. The van der Waals surface area contributed by atoms with Crippen LogP contribution in [0.5, 0.6) is 5.75 Å². The summed E-state index contributed by atoms with van der Waals surface area (Å²) >= 11 is 0. The lowest BCUT2D eigenvalue weighted by Crippen LogP contribution is -2.52. The molecule has 0 amide bonds. The van der Waals surface area contributed by atoms with Crippen LogP contribution in [0.4, 0.5) is 0 Å². The molecule has 148 valence electrons. The Morgan fingerprint density at radius 1 is 1.21 bits per heavy atom. The van der Waals surface area contributed by atoms with Crippen LogP contribution in [0.25, 0.3) is 5.57 Å². The Hall–Kier alpha value is -2.10. The van der Waals surface area contributed by atoms with Gasteiger partial charge in [0.25, 0.3) is 0 Å². The Morgan fingerprint density at radius 3 is 2.89 bits per heavy atom. The number of ether oxygens (including phenoxy) is 2. The summed E-state index contributed by atoms with van der Waals surface area (Å²) in [5, 5.41) is 0. The Labute approximate surface area is 167 Å². The predicted molar refractivity (Wildman–Crippen MR) is 108 cm³/mol. The molecule has 4 nitrogen and oxygen atoms in total. The van der Waals surface area contributed by atoms with Crippen LogP contribution in [0, 0.1) is 28.6 Å². The number of carbonyl (C=O) groups excluding carboxylic acids is 1. The number of aromatic nitrogens is 1. The van der Waals surface area contributed by atoms with Crippen molar-refractivity contribution in [3.05, 3.63) is 41.9 Å². The third kappa shape index (κ3) is 2.36. The highest BCUT2D eigenvalue weighted by atomic mass is 16.5. The van der Waals surface area contributed by atoms with E-state index in [1.54, 1.807) is 19.4 Å². The molecule has 0 unspecified atom stereocenters. The highest BCUT2D eigenvalue weighted by molar-refractivity contribution is 5.91. The van der Waals surface area contributed by atoms with Gasteiger partial charge in [-0.1, -0.05) is 19.9 Å². The molecule has 28 heavy (non-hydrogen) atoms. The number of methoxy groups -OCH3 is 1. The molecule has 1 aromatic rings. The first kappa shape index (κ1) is 18.0. The van der Waals surface area contributed by atoms with E-state index in [1.807, 2.05) is 12.3 Å². The summed E-state index contributed by atoms with van der Waals surface area (Å²) in [5.41, 5.74) is 2.68. The van der Waals surface area contributed by atoms with E-state index < -0.39 is 0 Å². The molecule has 1 saturated carbocycles. The zero-order valence-electron chi connectivity index (χ0n) is 17.0. The Kier molecular flexibility index (Phi) is 3.98. The van der Waals surface area contributed by atoms with Gasteiger partial charge in [0.2, 0.25) is 0 Å². The van der Waals surface area contributed by atoms with Gasteiger partial charge in [-0.2, -0.15) is 0 Å². The number of fused-ring (bicyclic) bond motifs is 5. The van der Waals surface area contributed by atoms with E-state index in [9.17, 15) is 4.79 Å². The van der Waals surface area contributed by atoms with Crippen LogP contribution in [-0.2, 0) is 9.53 Å². The topological polar surface area (TPSA) is 48.4 Å². The molecule has 5 atom stereocenters. The maximum atomic E-state index is 11.9. The summed E-state index contributed by atoms with van der Waals surface area (Å²) in [6.07, 6.45) is 13.0. The number of rotatable bonds is 2. The second kappa shape index (κ2) is 6.20. The largest absolute Gasteiger partial charge is 0.497 e. The van der Waals surface area contributed by atoms with Crippen LogP contribution >= 0.6 is 0 Å². The fourth-order valence-corrected chi connectivity index (χ4v) is 6.71. The van der Waals surface area contributed by atoms with Gasteiger partial charge in [-0.25, -0.2) is 0 Å². The molecule has 0 N–H and O–H groups in total. The van der Waals surface area contributed by atoms with E-state index >= 15 is 0 Å². The van der Waals surface area contributed by atoms with Crippen molar-refractivity contribution < 1.29 is 14.3 Å². The quantitative estimate of drug-likeness (QED) is 0.740. The fraction of sp³-hybridized carbons (Fsp3) is 0.583. The van der Waals surface area contributed by atoms with Crippen molar-refractivity contribution in [1.82, 2.24) is 4.98 Å². The van der Waals surface area contributed by atoms with Gasteiger partial charge < -0.3 is 9.47 Å². The maximum Gasteiger partial charge on any atom is 0.159 e. The SMILES string of the molecule is COc1ccncc1C1=CC[C@H]2[C@@H]3COC4=CC(=O)CC[C@]4(C)[C@H]3CC[C@]12C. The zero-order valence-corrected chi connectivity index (χ0v) is 17.0.